The molecule has 0 spiro atoms. The van der Waals surface area contributed by atoms with E-state index in [0.717, 1.165) is 4.88 Å². The van der Waals surface area contributed by atoms with Crippen LogP contribution in [-0.2, 0) is 11.2 Å². The molecule has 0 amide bonds. The summed E-state index contributed by atoms with van der Waals surface area (Å²) in [6, 6.07) is 1.39. The van der Waals surface area contributed by atoms with Crippen LogP contribution in [0.25, 0.3) is 0 Å². The molecule has 1 nitrogen and oxygen atoms in total. The Bertz CT molecular complexity index is 242. The van der Waals surface area contributed by atoms with Crippen LogP contribution in [0.3, 0.4) is 0 Å². The van der Waals surface area contributed by atoms with Crippen molar-refractivity contribution in [2.45, 2.75) is 13.3 Å². The van der Waals surface area contributed by atoms with Crippen LogP contribution >= 0.6 is 11.3 Å². The highest BCUT2D eigenvalue weighted by molar-refractivity contribution is 7.10. The summed E-state index contributed by atoms with van der Waals surface area (Å²) in [5.74, 6) is -0.178. The van der Waals surface area contributed by atoms with E-state index in [1.807, 2.05) is 0 Å². The van der Waals surface area contributed by atoms with Crippen molar-refractivity contribution in [1.29, 1.82) is 0 Å². The Labute approximate surface area is 62.5 Å². The molecule has 3 heteroatoms. The lowest BCUT2D eigenvalue weighted by Gasteiger charge is -1.86. The van der Waals surface area contributed by atoms with Crippen LogP contribution < -0.4 is 0 Å². The van der Waals surface area contributed by atoms with Crippen molar-refractivity contribution >= 4 is 17.1 Å². The van der Waals surface area contributed by atoms with Crippen molar-refractivity contribution in [3.8, 4) is 0 Å². The lowest BCUT2D eigenvalue weighted by Crippen LogP contribution is -1.92. The average molecular weight is 158 g/mol. The predicted octanol–water partition coefficient (Wildman–Crippen LogP) is 2.02. The Morgan fingerprint density at radius 1 is 1.80 bits per heavy atom. The van der Waals surface area contributed by atoms with Gasteiger partial charge in [-0.1, -0.05) is 0 Å². The van der Waals surface area contributed by atoms with E-state index < -0.39 is 0 Å². The van der Waals surface area contributed by atoms with Gasteiger partial charge in [-0.05, 0) is 13.0 Å². The molecule has 1 rings (SSSR count). The van der Waals surface area contributed by atoms with Gasteiger partial charge in [-0.3, -0.25) is 4.79 Å². The Morgan fingerprint density at radius 3 is 2.90 bits per heavy atom. The van der Waals surface area contributed by atoms with E-state index in [1.54, 1.807) is 0 Å². The van der Waals surface area contributed by atoms with Crippen LogP contribution in [0.4, 0.5) is 4.39 Å². The fourth-order valence-corrected chi connectivity index (χ4v) is 1.49. The molecule has 0 saturated heterocycles. The van der Waals surface area contributed by atoms with E-state index in [4.69, 9.17) is 0 Å². The first kappa shape index (κ1) is 7.41. The molecule has 1 heterocycles. The number of halogens is 1. The highest BCUT2D eigenvalue weighted by Crippen LogP contribution is 2.13. The minimum absolute atomic E-state index is 0.0712. The molecule has 0 atom stereocenters. The molecule has 0 saturated carbocycles. The topological polar surface area (TPSA) is 17.1 Å². The van der Waals surface area contributed by atoms with Gasteiger partial charge in [0.2, 0.25) is 0 Å². The Kier molecular flexibility index (Phi) is 2.17. The number of ketones is 1. The molecule has 0 bridgehead atoms. The largest absolute Gasteiger partial charge is 0.300 e. The highest BCUT2D eigenvalue weighted by Gasteiger charge is 2.00. The lowest BCUT2D eigenvalue weighted by molar-refractivity contribution is -0.116. The molecule has 1 aromatic rings. The molecule has 0 fully saturated rings. The zero-order valence-corrected chi connectivity index (χ0v) is 6.37. The molecule has 10 heavy (non-hydrogen) atoms. The van der Waals surface area contributed by atoms with Gasteiger partial charge in [0, 0.05) is 16.7 Å². The molecule has 0 aromatic carbocycles. The minimum atomic E-state index is -0.249. The second-order valence-corrected chi connectivity index (χ2v) is 3.11. The maximum atomic E-state index is 12.3. The van der Waals surface area contributed by atoms with E-state index in [9.17, 15) is 9.18 Å². The molecule has 1 aromatic heterocycles. The number of hydrogen-bond acceptors (Lipinski definition) is 2. The molecule has 0 aliphatic carbocycles. The fraction of sp³-hybridized carbons (Fsp3) is 0.286. The van der Waals surface area contributed by atoms with E-state index in [1.165, 1.54) is 29.7 Å². The summed E-state index contributed by atoms with van der Waals surface area (Å²) < 4.78 is 12.3. The first-order valence-electron chi connectivity index (χ1n) is 2.91. The maximum Gasteiger partial charge on any atom is 0.135 e. The van der Waals surface area contributed by atoms with Gasteiger partial charge in [0.05, 0.1) is 0 Å². The van der Waals surface area contributed by atoms with Gasteiger partial charge in [-0.2, -0.15) is 0 Å². The maximum absolute atomic E-state index is 12.3. The zero-order valence-electron chi connectivity index (χ0n) is 5.56. The summed E-state index contributed by atoms with van der Waals surface area (Å²) in [7, 11) is 0. The number of rotatable bonds is 2. The number of hydrogen-bond donors (Lipinski definition) is 0. The molecule has 0 unspecified atom stereocenters. The average Bonchev–Trinajstić information content (AvgIpc) is 2.13. The van der Waals surface area contributed by atoms with Gasteiger partial charge in [0.1, 0.15) is 11.6 Å². The van der Waals surface area contributed by atoms with E-state index >= 15 is 0 Å². The molecule has 0 radical (unpaired) electrons. The van der Waals surface area contributed by atoms with Crippen LogP contribution in [0.1, 0.15) is 11.8 Å². The standard InChI is InChI=1S/C7H7FOS/c1-5(9)2-7-3-6(8)4-10-7/h3-4H,2H2,1H3. The monoisotopic (exact) mass is 158 g/mol. The molecule has 54 valence electrons. The van der Waals surface area contributed by atoms with Crippen molar-refractivity contribution in [2.75, 3.05) is 0 Å². The first-order chi connectivity index (χ1) is 4.68. The van der Waals surface area contributed by atoms with Gasteiger partial charge in [-0.15, -0.1) is 11.3 Å². The van der Waals surface area contributed by atoms with Crippen molar-refractivity contribution in [1.82, 2.24) is 0 Å². The number of carbonyl (C=O) groups is 1. The summed E-state index contributed by atoms with van der Waals surface area (Å²) >= 11 is 1.28. The van der Waals surface area contributed by atoms with E-state index in [-0.39, 0.29) is 11.6 Å². The minimum Gasteiger partial charge on any atom is -0.300 e. The quantitative estimate of drug-likeness (QED) is 0.643. The van der Waals surface area contributed by atoms with Crippen molar-refractivity contribution in [3.63, 3.8) is 0 Å². The Hall–Kier alpha value is -0.700. The summed E-state index contributed by atoms with van der Waals surface area (Å²) in [5, 5.41) is 1.40. The van der Waals surface area contributed by atoms with Crippen molar-refractivity contribution in [3.05, 3.63) is 22.1 Å². The van der Waals surface area contributed by atoms with Gasteiger partial charge in [-0.25, -0.2) is 4.39 Å². The van der Waals surface area contributed by atoms with Crippen LogP contribution in [0, 0.1) is 5.82 Å². The molecule has 0 aliphatic heterocycles. The second kappa shape index (κ2) is 2.92. The van der Waals surface area contributed by atoms with Crippen LogP contribution in [0.15, 0.2) is 11.4 Å². The molecule has 0 N–H and O–H groups in total. The molecular weight excluding hydrogens is 151 g/mol. The lowest BCUT2D eigenvalue weighted by atomic mass is 10.3. The van der Waals surface area contributed by atoms with E-state index in [2.05, 4.69) is 0 Å². The normalized spacial score (nSPS) is 9.80. The third kappa shape index (κ3) is 1.92. The summed E-state index contributed by atoms with van der Waals surface area (Å²) in [6.07, 6.45) is 0.356. The first-order valence-corrected chi connectivity index (χ1v) is 3.79. The summed E-state index contributed by atoms with van der Waals surface area (Å²) in [6.45, 7) is 1.50. The van der Waals surface area contributed by atoms with E-state index in [0.29, 0.717) is 6.42 Å². The second-order valence-electron chi connectivity index (χ2n) is 2.11. The van der Waals surface area contributed by atoms with Gasteiger partial charge in [0.25, 0.3) is 0 Å². The van der Waals surface area contributed by atoms with Crippen LogP contribution in [-0.4, -0.2) is 5.78 Å². The number of Topliss-reactive ketones (excluding diaryl/α,β-unsaturated/α-hetero) is 1. The van der Waals surface area contributed by atoms with Gasteiger partial charge >= 0.3 is 0 Å². The SMILES string of the molecule is CC(=O)Cc1cc(F)cs1. The highest BCUT2D eigenvalue weighted by atomic mass is 32.1. The summed E-state index contributed by atoms with van der Waals surface area (Å²) in [5.41, 5.74) is 0. The van der Waals surface area contributed by atoms with Gasteiger partial charge < -0.3 is 0 Å². The molecule has 0 aliphatic rings. The Balaban J connectivity index is 2.67. The third-order valence-electron chi connectivity index (χ3n) is 1.04. The molecular formula is C7H7FOS. The van der Waals surface area contributed by atoms with Crippen LogP contribution in [0.2, 0.25) is 0 Å². The third-order valence-corrected chi connectivity index (χ3v) is 1.95. The number of thiophene rings is 1. The van der Waals surface area contributed by atoms with Gasteiger partial charge in [0.15, 0.2) is 0 Å². The summed E-state index contributed by atoms with van der Waals surface area (Å²) in [4.78, 5) is 11.3. The van der Waals surface area contributed by atoms with Crippen LogP contribution in [0.5, 0.6) is 0 Å². The van der Waals surface area contributed by atoms with Crippen molar-refractivity contribution < 1.29 is 9.18 Å². The Morgan fingerprint density at radius 2 is 2.50 bits per heavy atom. The fourth-order valence-electron chi connectivity index (χ4n) is 0.692. The zero-order chi connectivity index (χ0) is 7.56. The smallest absolute Gasteiger partial charge is 0.135 e. The number of carbonyl (C=O) groups excluding carboxylic acids is 1. The van der Waals surface area contributed by atoms with Crippen molar-refractivity contribution in [2.24, 2.45) is 0 Å². The predicted molar refractivity (Wildman–Crippen MR) is 38.7 cm³/mol.